The van der Waals surface area contributed by atoms with Crippen LogP contribution in [0.1, 0.15) is 0 Å². The Morgan fingerprint density at radius 2 is 2.25 bits per heavy atom. The van der Waals surface area contributed by atoms with E-state index >= 15 is 0 Å². The molecule has 2 N–H and O–H groups in total. The molecule has 0 radical (unpaired) electrons. The van der Waals surface area contributed by atoms with Gasteiger partial charge in [0.25, 0.3) is 0 Å². The SMILES string of the molecule is [CH2-]C(=O)OCCN.[Na+]. The van der Waals surface area contributed by atoms with Crippen molar-refractivity contribution in [1.29, 1.82) is 0 Å². The van der Waals surface area contributed by atoms with Crippen molar-refractivity contribution in [2.24, 2.45) is 5.73 Å². The Morgan fingerprint density at radius 3 is 2.38 bits per heavy atom. The maximum absolute atomic E-state index is 9.81. The van der Waals surface area contributed by atoms with E-state index < -0.39 is 5.97 Å². The van der Waals surface area contributed by atoms with Gasteiger partial charge in [-0.05, 0) is 0 Å². The molecule has 0 bridgehead atoms. The van der Waals surface area contributed by atoms with Gasteiger partial charge in [0.05, 0.1) is 0 Å². The summed E-state index contributed by atoms with van der Waals surface area (Å²) in [6.07, 6.45) is 0. The van der Waals surface area contributed by atoms with Crippen LogP contribution in [-0.4, -0.2) is 19.1 Å². The molecule has 42 valence electrons. The van der Waals surface area contributed by atoms with E-state index in [0.717, 1.165) is 0 Å². The van der Waals surface area contributed by atoms with Crippen molar-refractivity contribution in [3.63, 3.8) is 0 Å². The third-order valence-electron chi connectivity index (χ3n) is 0.381. The van der Waals surface area contributed by atoms with E-state index in [2.05, 4.69) is 11.7 Å². The maximum atomic E-state index is 9.81. The number of hydrogen-bond acceptors (Lipinski definition) is 3. The molecule has 0 saturated carbocycles. The van der Waals surface area contributed by atoms with Crippen molar-refractivity contribution in [2.45, 2.75) is 0 Å². The molecule has 0 spiro atoms. The van der Waals surface area contributed by atoms with Crippen molar-refractivity contribution >= 4 is 5.97 Å². The fraction of sp³-hybridized carbons (Fsp3) is 0.500. The van der Waals surface area contributed by atoms with E-state index in [4.69, 9.17) is 5.73 Å². The van der Waals surface area contributed by atoms with Gasteiger partial charge in [0, 0.05) is 6.54 Å². The van der Waals surface area contributed by atoms with Crippen LogP contribution < -0.4 is 35.3 Å². The molecule has 0 atom stereocenters. The van der Waals surface area contributed by atoms with Crippen LogP contribution in [0, 0.1) is 6.92 Å². The first-order valence-electron chi connectivity index (χ1n) is 1.96. The second kappa shape index (κ2) is 7.30. The summed E-state index contributed by atoms with van der Waals surface area (Å²) in [6, 6.07) is 0. The maximum Gasteiger partial charge on any atom is 1.00 e. The fourth-order valence-corrected chi connectivity index (χ4v) is 0.173. The first-order valence-corrected chi connectivity index (χ1v) is 1.96. The predicted octanol–water partition coefficient (Wildman–Crippen LogP) is -3.67. The average molecular weight is 125 g/mol. The van der Waals surface area contributed by atoms with E-state index in [-0.39, 0.29) is 36.2 Å². The van der Waals surface area contributed by atoms with Gasteiger partial charge >= 0.3 is 29.6 Å². The number of rotatable bonds is 2. The molecule has 0 unspecified atom stereocenters. The van der Waals surface area contributed by atoms with Gasteiger partial charge in [-0.15, -0.1) is 0 Å². The molecule has 0 saturated heterocycles. The number of ether oxygens (including phenoxy) is 1. The molecule has 3 nitrogen and oxygen atoms in total. The van der Waals surface area contributed by atoms with E-state index in [9.17, 15) is 4.79 Å². The van der Waals surface area contributed by atoms with Gasteiger partial charge in [-0.1, -0.05) is 0 Å². The Bertz CT molecular complexity index is 67.1. The summed E-state index contributed by atoms with van der Waals surface area (Å²) in [6.45, 7) is 3.59. The number of hydrogen-bond donors (Lipinski definition) is 1. The number of nitrogens with two attached hydrogens (primary N) is 1. The molecule has 0 aromatic carbocycles. The van der Waals surface area contributed by atoms with Gasteiger partial charge in [0.1, 0.15) is 6.61 Å². The smallest absolute Gasteiger partial charge is 0.487 e. The molecule has 0 amide bonds. The molecule has 0 aliphatic rings. The first kappa shape index (κ1) is 11.1. The summed E-state index contributed by atoms with van der Waals surface area (Å²) in [5, 5.41) is 0. The Hall–Kier alpha value is 0.300. The second-order valence-electron chi connectivity index (χ2n) is 1.01. The van der Waals surface area contributed by atoms with Gasteiger partial charge in [-0.25, -0.2) is 0 Å². The van der Waals surface area contributed by atoms with E-state index in [0.29, 0.717) is 6.54 Å². The molecule has 0 aromatic heterocycles. The number of carbonyl (C=O) groups is 1. The summed E-state index contributed by atoms with van der Waals surface area (Å²) in [4.78, 5) is 9.81. The molecule has 4 heteroatoms. The van der Waals surface area contributed by atoms with Crippen LogP contribution in [0.15, 0.2) is 0 Å². The summed E-state index contributed by atoms with van der Waals surface area (Å²) in [5.41, 5.74) is 4.97. The molecule has 0 rings (SSSR count). The molecule has 0 aromatic rings. The van der Waals surface area contributed by atoms with E-state index in [1.165, 1.54) is 0 Å². The number of carbonyl (C=O) groups excluding carboxylic acids is 1. The van der Waals surface area contributed by atoms with Gasteiger partial charge < -0.3 is 10.5 Å². The Labute approximate surface area is 70.9 Å². The van der Waals surface area contributed by atoms with Crippen molar-refractivity contribution in [3.05, 3.63) is 6.92 Å². The van der Waals surface area contributed by atoms with Gasteiger partial charge in [0.15, 0.2) is 5.97 Å². The second-order valence-corrected chi connectivity index (χ2v) is 1.01. The molecule has 0 aliphatic carbocycles. The molecular weight excluding hydrogens is 117 g/mol. The molecule has 0 heterocycles. The zero-order valence-electron chi connectivity index (χ0n) is 5.02. The monoisotopic (exact) mass is 125 g/mol. The van der Waals surface area contributed by atoms with E-state index in [1.807, 2.05) is 0 Å². The van der Waals surface area contributed by atoms with Crippen LogP contribution >= 0.6 is 0 Å². The zero-order chi connectivity index (χ0) is 5.70. The summed E-state index contributed by atoms with van der Waals surface area (Å²) < 4.78 is 4.32. The molecule has 0 fully saturated rings. The zero-order valence-corrected chi connectivity index (χ0v) is 7.02. The average Bonchev–Trinajstić information content (AvgIpc) is 1.61. The summed E-state index contributed by atoms with van der Waals surface area (Å²) in [7, 11) is 0. The van der Waals surface area contributed by atoms with Crippen LogP contribution in [0.5, 0.6) is 0 Å². The standard InChI is InChI=1S/C4H8NO2.Na/c1-4(6)7-3-2-5;/h1-3,5H2;/q-1;+1. The number of esters is 1. The van der Waals surface area contributed by atoms with E-state index in [1.54, 1.807) is 0 Å². The quantitative estimate of drug-likeness (QED) is 0.235. The third-order valence-corrected chi connectivity index (χ3v) is 0.381. The Balaban J connectivity index is 0. The predicted molar refractivity (Wildman–Crippen MR) is 25.4 cm³/mol. The van der Waals surface area contributed by atoms with Gasteiger partial charge in [0.2, 0.25) is 0 Å². The molecule has 0 aliphatic heterocycles. The van der Waals surface area contributed by atoms with Crippen LogP contribution in [0.2, 0.25) is 0 Å². The topological polar surface area (TPSA) is 52.3 Å². The first-order chi connectivity index (χ1) is 3.27. The normalized spacial score (nSPS) is 7.12. The van der Waals surface area contributed by atoms with Crippen molar-refractivity contribution in [1.82, 2.24) is 0 Å². The van der Waals surface area contributed by atoms with Crippen LogP contribution in [0.4, 0.5) is 0 Å². The molecule has 8 heavy (non-hydrogen) atoms. The minimum atomic E-state index is -0.523. The summed E-state index contributed by atoms with van der Waals surface area (Å²) >= 11 is 0. The Kier molecular flexibility index (Phi) is 10.2. The minimum Gasteiger partial charge on any atom is -0.487 e. The van der Waals surface area contributed by atoms with Crippen LogP contribution in [0.3, 0.4) is 0 Å². The van der Waals surface area contributed by atoms with Crippen molar-refractivity contribution in [3.8, 4) is 0 Å². The van der Waals surface area contributed by atoms with Crippen LogP contribution in [-0.2, 0) is 9.53 Å². The van der Waals surface area contributed by atoms with Gasteiger partial charge in [-0.2, -0.15) is 0 Å². The van der Waals surface area contributed by atoms with Crippen molar-refractivity contribution in [2.75, 3.05) is 13.2 Å². The largest absolute Gasteiger partial charge is 1.00 e. The minimum absolute atomic E-state index is 0. The van der Waals surface area contributed by atoms with Crippen molar-refractivity contribution < 1.29 is 39.1 Å². The van der Waals surface area contributed by atoms with Crippen LogP contribution in [0.25, 0.3) is 0 Å². The fourth-order valence-electron chi connectivity index (χ4n) is 0.173. The Morgan fingerprint density at radius 1 is 1.75 bits per heavy atom. The van der Waals surface area contributed by atoms with Gasteiger partial charge in [-0.3, -0.25) is 11.7 Å². The summed E-state index contributed by atoms with van der Waals surface area (Å²) in [5.74, 6) is -0.523. The third kappa shape index (κ3) is 9.57. The molecular formula is C4H8NNaO2.